The molecule has 0 spiro atoms. The molecule has 0 saturated carbocycles. The number of nitrogens with one attached hydrogen (secondary N) is 1. The zero-order valence-electron chi connectivity index (χ0n) is 15.0. The van der Waals surface area contributed by atoms with E-state index in [-0.39, 0.29) is 11.5 Å². The molecule has 144 valence electrons. The van der Waals surface area contributed by atoms with Gasteiger partial charge in [0.1, 0.15) is 11.9 Å². The highest BCUT2D eigenvalue weighted by Gasteiger charge is 2.24. The van der Waals surface area contributed by atoms with Crippen LogP contribution in [0.25, 0.3) is 11.5 Å². The largest absolute Gasteiger partial charge is 0.418 e. The van der Waals surface area contributed by atoms with Crippen molar-refractivity contribution in [3.8, 4) is 11.5 Å². The molecule has 0 unspecified atom stereocenters. The predicted octanol–water partition coefficient (Wildman–Crippen LogP) is 5.05. The summed E-state index contributed by atoms with van der Waals surface area (Å²) in [5.41, 5.74) is 1.65. The zero-order valence-corrected chi connectivity index (χ0v) is 15.8. The Hall–Kier alpha value is -3.51. The van der Waals surface area contributed by atoms with Gasteiger partial charge in [0.05, 0.1) is 0 Å². The molecule has 1 N–H and O–H groups in total. The summed E-state index contributed by atoms with van der Waals surface area (Å²) in [6, 6.07) is 20.9. The molecular weight excluding hydrogens is 393 g/mol. The Morgan fingerprint density at radius 2 is 1.72 bits per heavy atom. The lowest BCUT2D eigenvalue weighted by molar-refractivity contribution is 0.0937. The van der Waals surface area contributed by atoms with Crippen LogP contribution in [-0.4, -0.2) is 16.1 Å². The number of amides is 1. The first-order valence-electron chi connectivity index (χ1n) is 8.81. The van der Waals surface area contributed by atoms with Crippen LogP contribution in [0.4, 0.5) is 4.39 Å². The highest BCUT2D eigenvalue weighted by molar-refractivity contribution is 6.30. The van der Waals surface area contributed by atoms with Crippen LogP contribution >= 0.6 is 11.6 Å². The number of benzene rings is 3. The summed E-state index contributed by atoms with van der Waals surface area (Å²) in [5.74, 6) is -0.427. The lowest BCUT2D eigenvalue weighted by Gasteiger charge is -2.16. The fourth-order valence-corrected chi connectivity index (χ4v) is 2.96. The van der Waals surface area contributed by atoms with E-state index in [4.69, 9.17) is 16.0 Å². The summed E-state index contributed by atoms with van der Waals surface area (Å²) in [6.45, 7) is 0. The van der Waals surface area contributed by atoms with Crippen molar-refractivity contribution in [3.63, 3.8) is 0 Å². The van der Waals surface area contributed by atoms with Crippen molar-refractivity contribution >= 4 is 17.5 Å². The van der Waals surface area contributed by atoms with Crippen LogP contribution in [0.1, 0.15) is 27.9 Å². The van der Waals surface area contributed by atoms with Gasteiger partial charge in [0.15, 0.2) is 0 Å². The second-order valence-corrected chi connectivity index (χ2v) is 6.72. The minimum atomic E-state index is -0.729. The highest BCUT2D eigenvalue weighted by Crippen LogP contribution is 2.26. The summed E-state index contributed by atoms with van der Waals surface area (Å²) in [7, 11) is 0. The van der Waals surface area contributed by atoms with E-state index in [1.54, 1.807) is 24.3 Å². The maximum absolute atomic E-state index is 13.5. The molecule has 1 amide bonds. The quantitative estimate of drug-likeness (QED) is 0.502. The normalized spacial score (nSPS) is 11.8. The van der Waals surface area contributed by atoms with Crippen molar-refractivity contribution in [2.45, 2.75) is 6.04 Å². The monoisotopic (exact) mass is 407 g/mol. The second kappa shape index (κ2) is 8.24. The van der Waals surface area contributed by atoms with E-state index in [0.717, 1.165) is 11.6 Å². The van der Waals surface area contributed by atoms with E-state index in [1.165, 1.54) is 18.2 Å². The van der Waals surface area contributed by atoms with Gasteiger partial charge in [0, 0.05) is 16.1 Å². The van der Waals surface area contributed by atoms with Gasteiger partial charge in [0.25, 0.3) is 5.91 Å². The van der Waals surface area contributed by atoms with Gasteiger partial charge in [-0.3, -0.25) is 4.79 Å². The van der Waals surface area contributed by atoms with Crippen LogP contribution < -0.4 is 5.32 Å². The van der Waals surface area contributed by atoms with Gasteiger partial charge in [-0.05, 0) is 48.0 Å². The van der Waals surface area contributed by atoms with E-state index in [2.05, 4.69) is 15.5 Å². The number of halogens is 2. The van der Waals surface area contributed by atoms with Crippen LogP contribution in [-0.2, 0) is 0 Å². The molecule has 7 heteroatoms. The van der Waals surface area contributed by atoms with Gasteiger partial charge >= 0.3 is 0 Å². The maximum Gasteiger partial charge on any atom is 0.252 e. The fraction of sp³-hybridized carbons (Fsp3) is 0.0455. The fourth-order valence-electron chi connectivity index (χ4n) is 2.84. The molecule has 3 aromatic carbocycles. The third kappa shape index (κ3) is 4.33. The first-order valence-corrected chi connectivity index (χ1v) is 9.18. The van der Waals surface area contributed by atoms with Gasteiger partial charge in [-0.15, -0.1) is 10.2 Å². The van der Waals surface area contributed by atoms with Crippen molar-refractivity contribution in [2.75, 3.05) is 0 Å². The highest BCUT2D eigenvalue weighted by atomic mass is 35.5. The molecule has 0 radical (unpaired) electrons. The molecule has 0 aliphatic rings. The summed E-state index contributed by atoms with van der Waals surface area (Å²) in [6.07, 6.45) is 0. The molecule has 4 aromatic rings. The third-order valence-electron chi connectivity index (χ3n) is 4.27. The molecule has 5 nitrogen and oxygen atoms in total. The average molecular weight is 408 g/mol. The minimum Gasteiger partial charge on any atom is -0.418 e. The third-order valence-corrected chi connectivity index (χ3v) is 4.53. The number of carbonyl (C=O) groups is 1. The number of carbonyl (C=O) groups excluding carboxylic acids is 1. The van der Waals surface area contributed by atoms with E-state index in [0.29, 0.717) is 16.5 Å². The topological polar surface area (TPSA) is 68.0 Å². The summed E-state index contributed by atoms with van der Waals surface area (Å²) in [5, 5.41) is 11.6. The lowest BCUT2D eigenvalue weighted by atomic mass is 10.1. The SMILES string of the molecule is O=C(N[C@H](c1ccc(Cl)cc1)c1nnc(-c2ccccc2)o1)c1cccc(F)c1. The molecule has 0 saturated heterocycles. The molecule has 1 atom stereocenters. The molecule has 1 heterocycles. The smallest absolute Gasteiger partial charge is 0.252 e. The summed E-state index contributed by atoms with van der Waals surface area (Å²) >= 11 is 5.99. The molecule has 0 aliphatic carbocycles. The Kier molecular flexibility index (Phi) is 5.35. The summed E-state index contributed by atoms with van der Waals surface area (Å²) in [4.78, 5) is 12.7. The first kappa shape index (κ1) is 18.8. The van der Waals surface area contributed by atoms with Gasteiger partial charge in [-0.2, -0.15) is 0 Å². The molecular formula is C22H15ClFN3O2. The second-order valence-electron chi connectivity index (χ2n) is 6.28. The molecule has 4 rings (SSSR count). The molecule has 1 aromatic heterocycles. The standard InChI is InChI=1S/C22H15ClFN3O2/c23-17-11-9-14(10-12-17)19(25-20(28)16-7-4-8-18(24)13-16)22-27-26-21(29-22)15-5-2-1-3-6-15/h1-13,19H,(H,25,28)/t19-/m1/s1. The van der Waals surface area contributed by atoms with Crippen LogP contribution in [0, 0.1) is 5.82 Å². The molecule has 29 heavy (non-hydrogen) atoms. The van der Waals surface area contributed by atoms with Gasteiger partial charge in [-0.1, -0.05) is 48.0 Å². The van der Waals surface area contributed by atoms with Gasteiger partial charge in [-0.25, -0.2) is 4.39 Å². The number of aromatic nitrogens is 2. The minimum absolute atomic E-state index is 0.187. The van der Waals surface area contributed by atoms with Crippen molar-refractivity contribution in [3.05, 3.63) is 107 Å². The number of hydrogen-bond acceptors (Lipinski definition) is 4. The molecule has 0 fully saturated rings. The van der Waals surface area contributed by atoms with Crippen molar-refractivity contribution in [1.82, 2.24) is 15.5 Å². The summed E-state index contributed by atoms with van der Waals surface area (Å²) < 4.78 is 19.3. The number of nitrogens with zero attached hydrogens (tertiary/aromatic N) is 2. The van der Waals surface area contributed by atoms with Crippen molar-refractivity contribution in [2.24, 2.45) is 0 Å². The lowest BCUT2D eigenvalue weighted by Crippen LogP contribution is -2.29. The molecule has 0 bridgehead atoms. The van der Waals surface area contributed by atoms with Crippen molar-refractivity contribution in [1.29, 1.82) is 0 Å². The van der Waals surface area contributed by atoms with E-state index in [1.807, 2.05) is 30.3 Å². The number of rotatable bonds is 5. The van der Waals surface area contributed by atoms with Gasteiger partial charge in [0.2, 0.25) is 11.8 Å². The Morgan fingerprint density at radius 1 is 0.966 bits per heavy atom. The maximum atomic E-state index is 13.5. The Balaban J connectivity index is 1.68. The van der Waals surface area contributed by atoms with Crippen LogP contribution in [0.5, 0.6) is 0 Å². The van der Waals surface area contributed by atoms with E-state index < -0.39 is 17.8 Å². The number of hydrogen-bond donors (Lipinski definition) is 1. The first-order chi connectivity index (χ1) is 14.1. The predicted molar refractivity (Wildman–Crippen MR) is 107 cm³/mol. The van der Waals surface area contributed by atoms with E-state index in [9.17, 15) is 9.18 Å². The zero-order chi connectivity index (χ0) is 20.2. The Morgan fingerprint density at radius 3 is 2.45 bits per heavy atom. The van der Waals surface area contributed by atoms with Crippen LogP contribution in [0.3, 0.4) is 0 Å². The average Bonchev–Trinajstić information content (AvgIpc) is 3.23. The van der Waals surface area contributed by atoms with Crippen LogP contribution in [0.15, 0.2) is 83.3 Å². The Labute approximate surface area is 171 Å². The van der Waals surface area contributed by atoms with E-state index >= 15 is 0 Å². The van der Waals surface area contributed by atoms with Crippen molar-refractivity contribution < 1.29 is 13.6 Å². The molecule has 0 aliphatic heterocycles. The van der Waals surface area contributed by atoms with Crippen LogP contribution in [0.2, 0.25) is 5.02 Å². The Bertz CT molecular complexity index is 1130. The van der Waals surface area contributed by atoms with Gasteiger partial charge < -0.3 is 9.73 Å².